The molecule has 0 radical (unpaired) electrons. The Labute approximate surface area is 199 Å². The van der Waals surface area contributed by atoms with E-state index < -0.39 is 49.8 Å². The molecule has 190 valence electrons. The van der Waals surface area contributed by atoms with Crippen molar-refractivity contribution in [3.05, 3.63) is 45.7 Å². The van der Waals surface area contributed by atoms with Gasteiger partial charge in [0.05, 0.1) is 0 Å². The van der Waals surface area contributed by atoms with Gasteiger partial charge >= 0.3 is 21.6 Å². The molecule has 2 heterocycles. The van der Waals surface area contributed by atoms with Crippen molar-refractivity contribution in [2.75, 3.05) is 11.9 Å². The van der Waals surface area contributed by atoms with Gasteiger partial charge in [0.2, 0.25) is 5.09 Å². The molecule has 2 aliphatic carbocycles. The van der Waals surface area contributed by atoms with Gasteiger partial charge < -0.3 is 9.73 Å². The second-order valence-corrected chi connectivity index (χ2v) is 12.4. The standard InChI is InChI=1S/C21H22F3N3O6S2/c22-21(23,24)35(31,32)27-8-7-17-14(11-27)10-18(33-17)34(29,30)26-20(28)25-19-15-5-1-3-12(15)9-13-4-2-6-16(13)19/h9-10H,1-8,11H2,(H2,25,26,28). The molecule has 0 unspecified atom stereocenters. The summed E-state index contributed by atoms with van der Waals surface area (Å²) in [4.78, 5) is 12.7. The maximum absolute atomic E-state index is 12.9. The number of alkyl halides is 3. The highest BCUT2D eigenvalue weighted by Gasteiger charge is 2.50. The number of fused-ring (bicyclic) bond motifs is 3. The fourth-order valence-corrected chi connectivity index (χ4v) is 6.88. The van der Waals surface area contributed by atoms with E-state index in [0.717, 1.165) is 66.8 Å². The van der Waals surface area contributed by atoms with Crippen molar-refractivity contribution in [1.29, 1.82) is 0 Å². The van der Waals surface area contributed by atoms with Crippen molar-refractivity contribution < 1.29 is 39.2 Å². The monoisotopic (exact) mass is 533 g/mol. The number of rotatable bonds is 4. The highest BCUT2D eigenvalue weighted by Crippen LogP contribution is 2.39. The summed E-state index contributed by atoms with van der Waals surface area (Å²) >= 11 is 0. The molecule has 0 atom stereocenters. The Kier molecular flexibility index (Phi) is 5.68. The molecule has 35 heavy (non-hydrogen) atoms. The lowest BCUT2D eigenvalue weighted by molar-refractivity contribution is -0.0493. The van der Waals surface area contributed by atoms with Crippen LogP contribution in [0.25, 0.3) is 0 Å². The Morgan fingerprint density at radius 2 is 1.54 bits per heavy atom. The molecule has 1 aromatic carbocycles. The van der Waals surface area contributed by atoms with E-state index in [4.69, 9.17) is 4.42 Å². The van der Waals surface area contributed by atoms with Gasteiger partial charge in [0.25, 0.3) is 10.0 Å². The van der Waals surface area contributed by atoms with Crippen LogP contribution in [0.3, 0.4) is 0 Å². The summed E-state index contributed by atoms with van der Waals surface area (Å²) in [5.74, 6) is 0.0538. The maximum Gasteiger partial charge on any atom is 0.511 e. The van der Waals surface area contributed by atoms with Crippen molar-refractivity contribution in [1.82, 2.24) is 9.03 Å². The van der Waals surface area contributed by atoms with Crippen LogP contribution in [0.4, 0.5) is 23.7 Å². The van der Waals surface area contributed by atoms with Gasteiger partial charge in [-0.25, -0.2) is 17.9 Å². The first-order chi connectivity index (χ1) is 16.4. The summed E-state index contributed by atoms with van der Waals surface area (Å²) in [5, 5.41) is 2.02. The average molecular weight is 534 g/mol. The molecule has 0 saturated heterocycles. The fraction of sp³-hybridized carbons (Fsp3) is 0.476. The summed E-state index contributed by atoms with van der Waals surface area (Å²) in [6, 6.07) is 2.14. The van der Waals surface area contributed by atoms with Crippen LogP contribution in [-0.4, -0.2) is 39.2 Å². The SMILES string of the molecule is O=C(Nc1c2c(cc3c1CCC3)CCC2)NS(=O)(=O)c1cc2c(o1)CCN(S(=O)(=O)C(F)(F)F)C2. The number of sulfonamides is 2. The third kappa shape index (κ3) is 4.20. The molecule has 2 aromatic rings. The van der Waals surface area contributed by atoms with E-state index in [9.17, 15) is 34.8 Å². The number of hydrogen-bond acceptors (Lipinski definition) is 6. The lowest BCUT2D eigenvalue weighted by Gasteiger charge is -2.25. The molecule has 3 aliphatic rings. The summed E-state index contributed by atoms with van der Waals surface area (Å²) in [5.41, 5.74) is -0.506. The zero-order valence-electron chi connectivity index (χ0n) is 18.4. The first-order valence-corrected chi connectivity index (χ1v) is 14.0. The summed E-state index contributed by atoms with van der Waals surface area (Å²) in [7, 11) is -10.1. The van der Waals surface area contributed by atoms with Gasteiger partial charge in [-0.05, 0) is 60.8 Å². The van der Waals surface area contributed by atoms with Crippen LogP contribution in [0.15, 0.2) is 21.6 Å². The topological polar surface area (TPSA) is 126 Å². The van der Waals surface area contributed by atoms with Crippen molar-refractivity contribution in [3.8, 4) is 0 Å². The number of amides is 2. The number of carbonyl (C=O) groups excluding carboxylic acids is 1. The molecule has 5 rings (SSSR count). The van der Waals surface area contributed by atoms with Crippen LogP contribution in [0.2, 0.25) is 0 Å². The number of anilines is 1. The molecular formula is C21H22F3N3O6S2. The Bertz CT molecular complexity index is 1400. The van der Waals surface area contributed by atoms with E-state index in [2.05, 4.69) is 11.4 Å². The molecule has 0 bridgehead atoms. The first-order valence-electron chi connectivity index (χ1n) is 11.0. The third-order valence-corrected chi connectivity index (χ3v) is 9.41. The van der Waals surface area contributed by atoms with E-state index in [1.165, 1.54) is 0 Å². The van der Waals surface area contributed by atoms with Gasteiger partial charge in [0.1, 0.15) is 5.76 Å². The van der Waals surface area contributed by atoms with Crippen LogP contribution in [-0.2, 0) is 58.7 Å². The fourth-order valence-electron chi connectivity index (χ4n) is 5.04. The molecule has 0 spiro atoms. The van der Waals surface area contributed by atoms with Gasteiger partial charge in [-0.1, -0.05) is 6.07 Å². The van der Waals surface area contributed by atoms with Crippen LogP contribution in [0, 0.1) is 0 Å². The molecule has 14 heteroatoms. The molecule has 0 saturated carbocycles. The minimum absolute atomic E-state index is 0.0106. The van der Waals surface area contributed by atoms with Gasteiger partial charge in [0, 0.05) is 36.8 Å². The van der Waals surface area contributed by atoms with Crippen molar-refractivity contribution >= 4 is 31.8 Å². The van der Waals surface area contributed by atoms with Gasteiger partial charge in [-0.3, -0.25) is 0 Å². The van der Waals surface area contributed by atoms with E-state index in [-0.39, 0.29) is 22.0 Å². The predicted molar refractivity (Wildman–Crippen MR) is 118 cm³/mol. The average Bonchev–Trinajstić information content (AvgIpc) is 3.50. The number of carbonyl (C=O) groups is 1. The summed E-state index contributed by atoms with van der Waals surface area (Å²) in [6.07, 6.45) is 5.03. The molecule has 9 nitrogen and oxygen atoms in total. The van der Waals surface area contributed by atoms with Crippen molar-refractivity contribution in [2.24, 2.45) is 0 Å². The Morgan fingerprint density at radius 3 is 2.14 bits per heavy atom. The van der Waals surface area contributed by atoms with Crippen molar-refractivity contribution in [3.63, 3.8) is 0 Å². The second kappa shape index (κ2) is 8.23. The minimum atomic E-state index is -5.57. The molecule has 1 aliphatic heterocycles. The third-order valence-electron chi connectivity index (χ3n) is 6.64. The molecule has 1 aromatic heterocycles. The molecular weight excluding hydrogens is 511 g/mol. The Hall–Kier alpha value is -2.58. The van der Waals surface area contributed by atoms with E-state index in [1.807, 2.05) is 4.72 Å². The zero-order chi connectivity index (χ0) is 25.2. The van der Waals surface area contributed by atoms with Gasteiger partial charge in [0.15, 0.2) is 0 Å². The smallest absolute Gasteiger partial charge is 0.447 e. The summed E-state index contributed by atoms with van der Waals surface area (Å²) < 4.78 is 94.9. The minimum Gasteiger partial charge on any atom is -0.447 e. The van der Waals surface area contributed by atoms with Crippen LogP contribution in [0.1, 0.15) is 46.4 Å². The molecule has 2 N–H and O–H groups in total. The van der Waals surface area contributed by atoms with Gasteiger partial charge in [-0.2, -0.15) is 25.9 Å². The normalized spacial score (nSPS) is 18.1. The summed E-state index contributed by atoms with van der Waals surface area (Å²) in [6.45, 7) is -1.20. The van der Waals surface area contributed by atoms with E-state index in [1.54, 1.807) is 0 Å². The quantitative estimate of drug-likeness (QED) is 0.623. The number of furan rings is 1. The first kappa shape index (κ1) is 24.1. The van der Waals surface area contributed by atoms with E-state index >= 15 is 0 Å². The highest BCUT2D eigenvalue weighted by molar-refractivity contribution is 7.90. The zero-order valence-corrected chi connectivity index (χ0v) is 20.0. The number of benzene rings is 1. The lowest BCUT2D eigenvalue weighted by atomic mass is 9.99. The Morgan fingerprint density at radius 1 is 0.914 bits per heavy atom. The number of nitrogens with one attached hydrogen (secondary N) is 2. The van der Waals surface area contributed by atoms with Crippen LogP contribution in [0.5, 0.6) is 0 Å². The van der Waals surface area contributed by atoms with Crippen LogP contribution >= 0.6 is 0 Å². The second-order valence-electron chi connectivity index (χ2n) is 8.84. The lowest BCUT2D eigenvalue weighted by Crippen LogP contribution is -2.43. The number of hydrogen-bond donors (Lipinski definition) is 2. The van der Waals surface area contributed by atoms with E-state index in [0.29, 0.717) is 5.69 Å². The largest absolute Gasteiger partial charge is 0.511 e. The van der Waals surface area contributed by atoms with Gasteiger partial charge in [-0.15, -0.1) is 0 Å². The highest BCUT2D eigenvalue weighted by atomic mass is 32.2. The number of nitrogens with zero attached hydrogens (tertiary/aromatic N) is 1. The van der Waals surface area contributed by atoms with Crippen LogP contribution < -0.4 is 10.0 Å². The Balaban J connectivity index is 1.34. The number of urea groups is 1. The maximum atomic E-state index is 12.9. The molecule has 2 amide bonds. The molecule has 0 fully saturated rings. The number of aryl methyl sites for hydroxylation is 2. The van der Waals surface area contributed by atoms with Crippen molar-refractivity contribution in [2.45, 2.75) is 62.1 Å². The number of halogens is 3. The predicted octanol–water partition coefficient (Wildman–Crippen LogP) is 2.98.